The highest BCUT2D eigenvalue weighted by Crippen LogP contribution is 2.42. The number of nitrogens with zero attached hydrogens (tertiary/aromatic N) is 2. The lowest BCUT2D eigenvalue weighted by molar-refractivity contribution is 0.590. The van der Waals surface area contributed by atoms with Crippen LogP contribution in [-0.4, -0.2) is 13.7 Å². The van der Waals surface area contributed by atoms with Gasteiger partial charge in [-0.1, -0.05) is 51.1 Å². The van der Waals surface area contributed by atoms with Crippen molar-refractivity contribution in [1.82, 2.24) is 0 Å². The first-order valence-electron chi connectivity index (χ1n) is 7.16. The zero-order valence-corrected chi connectivity index (χ0v) is 12.7. The molecule has 2 aromatic rings. The van der Waals surface area contributed by atoms with Gasteiger partial charge in [0.05, 0.1) is 18.0 Å². The standard InChI is InChI=1S/C18H22N2/c1-18(2,3)14-9-5-6-10-15(14)20-13-19(4)16-11-7-8-12-17(16)20/h5-12H,13H2,1-4H3. The summed E-state index contributed by atoms with van der Waals surface area (Å²) in [6.07, 6.45) is 0. The second-order valence-corrected chi connectivity index (χ2v) is 6.52. The third-order valence-corrected chi connectivity index (χ3v) is 3.94. The number of benzene rings is 2. The lowest BCUT2D eigenvalue weighted by atomic mass is 9.85. The first-order valence-corrected chi connectivity index (χ1v) is 7.16. The molecule has 1 aliphatic rings. The van der Waals surface area contributed by atoms with Gasteiger partial charge in [-0.15, -0.1) is 0 Å². The van der Waals surface area contributed by atoms with Crippen molar-refractivity contribution in [3.8, 4) is 0 Å². The number of hydrogen-bond donors (Lipinski definition) is 0. The van der Waals surface area contributed by atoms with Crippen LogP contribution in [0, 0.1) is 0 Å². The van der Waals surface area contributed by atoms with Crippen LogP contribution >= 0.6 is 0 Å². The zero-order valence-electron chi connectivity index (χ0n) is 12.7. The SMILES string of the molecule is CN1CN(c2ccccc2C(C)(C)C)c2ccccc21. The van der Waals surface area contributed by atoms with Crippen LogP contribution in [-0.2, 0) is 5.41 Å². The summed E-state index contributed by atoms with van der Waals surface area (Å²) in [6, 6.07) is 17.4. The summed E-state index contributed by atoms with van der Waals surface area (Å²) >= 11 is 0. The molecular weight excluding hydrogens is 244 g/mol. The van der Waals surface area contributed by atoms with Gasteiger partial charge in [-0.3, -0.25) is 0 Å². The lowest BCUT2D eigenvalue weighted by Gasteiger charge is -2.28. The van der Waals surface area contributed by atoms with Crippen molar-refractivity contribution in [2.45, 2.75) is 26.2 Å². The predicted molar refractivity (Wildman–Crippen MR) is 87.0 cm³/mol. The molecular formula is C18H22N2. The third kappa shape index (κ3) is 2.05. The molecule has 0 bridgehead atoms. The fraction of sp³-hybridized carbons (Fsp3) is 0.333. The number of rotatable bonds is 1. The van der Waals surface area contributed by atoms with Crippen molar-refractivity contribution >= 4 is 17.1 Å². The second-order valence-electron chi connectivity index (χ2n) is 6.52. The summed E-state index contributed by atoms with van der Waals surface area (Å²) in [5.74, 6) is 0. The van der Waals surface area contributed by atoms with Crippen LogP contribution in [0.3, 0.4) is 0 Å². The quantitative estimate of drug-likeness (QED) is 0.748. The van der Waals surface area contributed by atoms with Crippen LogP contribution < -0.4 is 9.80 Å². The van der Waals surface area contributed by atoms with Gasteiger partial charge in [0, 0.05) is 12.7 Å². The van der Waals surface area contributed by atoms with Gasteiger partial charge >= 0.3 is 0 Å². The van der Waals surface area contributed by atoms with Gasteiger partial charge in [-0.25, -0.2) is 0 Å². The molecule has 1 aliphatic heterocycles. The van der Waals surface area contributed by atoms with Crippen molar-refractivity contribution in [3.63, 3.8) is 0 Å². The second kappa shape index (κ2) is 4.55. The van der Waals surface area contributed by atoms with E-state index in [2.05, 4.69) is 86.1 Å². The van der Waals surface area contributed by atoms with E-state index in [9.17, 15) is 0 Å². The minimum absolute atomic E-state index is 0.146. The Balaban J connectivity index is 2.13. The molecule has 0 aromatic heterocycles. The molecule has 3 rings (SSSR count). The van der Waals surface area contributed by atoms with Gasteiger partial charge in [-0.2, -0.15) is 0 Å². The third-order valence-electron chi connectivity index (χ3n) is 3.94. The van der Waals surface area contributed by atoms with Crippen molar-refractivity contribution in [2.24, 2.45) is 0 Å². The molecule has 0 atom stereocenters. The maximum absolute atomic E-state index is 2.41. The Kier molecular flexibility index (Phi) is 2.97. The fourth-order valence-corrected chi connectivity index (χ4v) is 2.93. The molecule has 0 radical (unpaired) electrons. The topological polar surface area (TPSA) is 6.48 Å². The molecule has 0 spiro atoms. The molecule has 0 fully saturated rings. The van der Waals surface area contributed by atoms with E-state index in [-0.39, 0.29) is 5.41 Å². The smallest absolute Gasteiger partial charge is 0.0950 e. The van der Waals surface area contributed by atoms with Crippen LogP contribution in [0.15, 0.2) is 48.5 Å². The predicted octanol–water partition coefficient (Wildman–Crippen LogP) is 4.53. The van der Waals surface area contributed by atoms with E-state index in [0.717, 1.165) is 6.67 Å². The molecule has 104 valence electrons. The van der Waals surface area contributed by atoms with Crippen molar-refractivity contribution in [1.29, 1.82) is 0 Å². The maximum atomic E-state index is 2.41. The summed E-state index contributed by atoms with van der Waals surface area (Å²) < 4.78 is 0. The van der Waals surface area contributed by atoms with Crippen LogP contribution in [0.25, 0.3) is 0 Å². The molecule has 2 nitrogen and oxygen atoms in total. The Bertz CT molecular complexity index is 625. The molecule has 0 aliphatic carbocycles. The van der Waals surface area contributed by atoms with Gasteiger partial charge in [0.25, 0.3) is 0 Å². The average Bonchev–Trinajstić information content (AvgIpc) is 2.76. The Labute approximate surface area is 121 Å². The minimum Gasteiger partial charge on any atom is -0.355 e. The summed E-state index contributed by atoms with van der Waals surface area (Å²) in [6.45, 7) is 7.74. The van der Waals surface area contributed by atoms with Gasteiger partial charge in [0.2, 0.25) is 0 Å². The minimum atomic E-state index is 0.146. The number of hydrogen-bond acceptors (Lipinski definition) is 2. The van der Waals surface area contributed by atoms with Crippen LogP contribution in [0.1, 0.15) is 26.3 Å². The van der Waals surface area contributed by atoms with Gasteiger partial charge in [0.15, 0.2) is 0 Å². The molecule has 0 saturated heterocycles. The molecule has 0 N–H and O–H groups in total. The molecule has 0 saturated carbocycles. The molecule has 2 aromatic carbocycles. The Morgan fingerprint density at radius 1 is 0.800 bits per heavy atom. The van der Waals surface area contributed by atoms with Gasteiger partial charge < -0.3 is 9.80 Å². The average molecular weight is 266 g/mol. The molecule has 2 heteroatoms. The summed E-state index contributed by atoms with van der Waals surface area (Å²) in [4.78, 5) is 4.71. The van der Waals surface area contributed by atoms with Crippen molar-refractivity contribution < 1.29 is 0 Å². The summed E-state index contributed by atoms with van der Waals surface area (Å²) in [7, 11) is 2.15. The van der Waals surface area contributed by atoms with Gasteiger partial charge in [-0.05, 0) is 29.2 Å². The van der Waals surface area contributed by atoms with Crippen LogP contribution in [0.5, 0.6) is 0 Å². The Morgan fingerprint density at radius 3 is 2.00 bits per heavy atom. The van der Waals surface area contributed by atoms with Gasteiger partial charge in [0.1, 0.15) is 0 Å². The number of fused-ring (bicyclic) bond motifs is 1. The van der Waals surface area contributed by atoms with E-state index in [1.165, 1.54) is 22.6 Å². The van der Waals surface area contributed by atoms with E-state index < -0.39 is 0 Å². The van der Waals surface area contributed by atoms with Crippen molar-refractivity contribution in [3.05, 3.63) is 54.1 Å². The summed E-state index contributed by atoms with van der Waals surface area (Å²) in [5, 5.41) is 0. The first kappa shape index (κ1) is 13.0. The van der Waals surface area contributed by atoms with E-state index in [1.54, 1.807) is 0 Å². The van der Waals surface area contributed by atoms with E-state index in [4.69, 9.17) is 0 Å². The van der Waals surface area contributed by atoms with Crippen LogP contribution in [0.4, 0.5) is 17.1 Å². The van der Waals surface area contributed by atoms with Crippen molar-refractivity contribution in [2.75, 3.05) is 23.5 Å². The van der Waals surface area contributed by atoms with E-state index in [0.29, 0.717) is 0 Å². The molecule has 1 heterocycles. The number of anilines is 3. The highest BCUT2D eigenvalue weighted by atomic mass is 15.4. The largest absolute Gasteiger partial charge is 0.355 e. The molecule has 20 heavy (non-hydrogen) atoms. The zero-order chi connectivity index (χ0) is 14.3. The summed E-state index contributed by atoms with van der Waals surface area (Å²) in [5.41, 5.74) is 5.46. The lowest BCUT2D eigenvalue weighted by Crippen LogP contribution is -2.26. The Morgan fingerprint density at radius 2 is 1.35 bits per heavy atom. The highest BCUT2D eigenvalue weighted by Gasteiger charge is 2.28. The monoisotopic (exact) mass is 266 g/mol. The fourth-order valence-electron chi connectivity index (χ4n) is 2.93. The normalized spacial score (nSPS) is 14.6. The maximum Gasteiger partial charge on any atom is 0.0950 e. The molecule has 0 amide bonds. The van der Waals surface area contributed by atoms with E-state index in [1.807, 2.05) is 0 Å². The van der Waals surface area contributed by atoms with Crippen LogP contribution in [0.2, 0.25) is 0 Å². The Hall–Kier alpha value is -1.96. The molecule has 0 unspecified atom stereocenters. The highest BCUT2D eigenvalue weighted by molar-refractivity contribution is 5.83. The van der Waals surface area contributed by atoms with E-state index >= 15 is 0 Å². The first-order chi connectivity index (χ1) is 9.48. The number of para-hydroxylation sites is 3.